The minimum atomic E-state index is -3.81. The van der Waals surface area contributed by atoms with Crippen molar-refractivity contribution in [2.24, 2.45) is 0 Å². The minimum absolute atomic E-state index is 0.0453. The number of carbonyl (C=O) groups is 1. The van der Waals surface area contributed by atoms with Crippen molar-refractivity contribution >= 4 is 16.0 Å². The summed E-state index contributed by atoms with van der Waals surface area (Å²) in [5, 5.41) is 7.06. The van der Waals surface area contributed by atoms with Crippen molar-refractivity contribution in [1.29, 1.82) is 0 Å². The van der Waals surface area contributed by atoms with Crippen molar-refractivity contribution in [3.63, 3.8) is 0 Å². The summed E-state index contributed by atoms with van der Waals surface area (Å²) in [4.78, 5) is 10.5. The lowest BCUT2D eigenvalue weighted by atomic mass is 10.5. The van der Waals surface area contributed by atoms with E-state index in [1.165, 1.54) is 7.11 Å². The average Bonchev–Trinajstić information content (AvgIpc) is 2.22. The molecule has 0 aromatic heterocycles. The third kappa shape index (κ3) is 6.01. The number of ether oxygens (including phenoxy) is 2. The van der Waals surface area contributed by atoms with Crippen LogP contribution in [0.2, 0.25) is 0 Å². The molecule has 2 N–H and O–H groups in total. The normalized spacial score (nSPS) is 13.6. The summed E-state index contributed by atoms with van der Waals surface area (Å²) in [7, 11) is -2.28. The number of carboxylic acid groups (broad SMARTS) is 1. The first-order valence-electron chi connectivity index (χ1n) is 4.69. The standard InChI is InChI=1S/C8H17NO6S/c1-7(8(10)11)16(12,13)9-3-4-15-6-5-14-2/h7,9H,3-6H2,1-2H3,(H,10,11). The second-order valence-corrected chi connectivity index (χ2v) is 5.11. The summed E-state index contributed by atoms with van der Waals surface area (Å²) < 4.78 is 34.4. The van der Waals surface area contributed by atoms with E-state index in [1.807, 2.05) is 0 Å². The molecule has 0 amide bonds. The lowest BCUT2D eigenvalue weighted by Gasteiger charge is -2.10. The zero-order valence-electron chi connectivity index (χ0n) is 9.30. The van der Waals surface area contributed by atoms with Gasteiger partial charge in [-0.2, -0.15) is 0 Å². The molecule has 0 rings (SSSR count). The molecule has 0 bridgehead atoms. The highest BCUT2D eigenvalue weighted by Crippen LogP contribution is 1.97. The van der Waals surface area contributed by atoms with Gasteiger partial charge >= 0.3 is 5.97 Å². The third-order valence-corrected chi connectivity index (χ3v) is 3.53. The fourth-order valence-corrected chi connectivity index (χ4v) is 1.64. The van der Waals surface area contributed by atoms with E-state index < -0.39 is 21.2 Å². The van der Waals surface area contributed by atoms with Crippen molar-refractivity contribution in [2.75, 3.05) is 33.5 Å². The van der Waals surface area contributed by atoms with Gasteiger partial charge in [-0.05, 0) is 6.92 Å². The van der Waals surface area contributed by atoms with Gasteiger partial charge in [-0.1, -0.05) is 0 Å². The molecule has 96 valence electrons. The van der Waals surface area contributed by atoms with Crippen LogP contribution in [-0.2, 0) is 24.3 Å². The number of methoxy groups -OCH3 is 1. The maximum atomic E-state index is 11.3. The van der Waals surface area contributed by atoms with Crippen LogP contribution in [0, 0.1) is 0 Å². The Labute approximate surface area is 94.8 Å². The molecular weight excluding hydrogens is 238 g/mol. The molecule has 0 aromatic rings. The Kier molecular flexibility index (Phi) is 7.22. The van der Waals surface area contributed by atoms with Gasteiger partial charge in [-0.15, -0.1) is 0 Å². The van der Waals surface area contributed by atoms with Gasteiger partial charge in [0.2, 0.25) is 10.0 Å². The monoisotopic (exact) mass is 255 g/mol. The number of nitrogens with one attached hydrogen (secondary N) is 1. The van der Waals surface area contributed by atoms with E-state index in [0.717, 1.165) is 6.92 Å². The molecule has 0 radical (unpaired) electrons. The Morgan fingerprint density at radius 1 is 1.38 bits per heavy atom. The average molecular weight is 255 g/mol. The van der Waals surface area contributed by atoms with E-state index in [-0.39, 0.29) is 13.2 Å². The molecule has 0 spiro atoms. The van der Waals surface area contributed by atoms with Gasteiger partial charge in [-0.3, -0.25) is 4.79 Å². The summed E-state index contributed by atoms with van der Waals surface area (Å²) in [5.41, 5.74) is 0. The molecule has 0 aliphatic carbocycles. The van der Waals surface area contributed by atoms with Gasteiger partial charge < -0.3 is 14.6 Å². The van der Waals surface area contributed by atoms with Gasteiger partial charge in [-0.25, -0.2) is 13.1 Å². The lowest BCUT2D eigenvalue weighted by Crippen LogP contribution is -2.39. The van der Waals surface area contributed by atoms with E-state index in [0.29, 0.717) is 13.2 Å². The Morgan fingerprint density at radius 3 is 2.50 bits per heavy atom. The number of hydrogen-bond acceptors (Lipinski definition) is 5. The summed E-state index contributed by atoms with van der Waals surface area (Å²) >= 11 is 0. The molecule has 0 fully saturated rings. The summed E-state index contributed by atoms with van der Waals surface area (Å²) in [6, 6.07) is 0. The quantitative estimate of drug-likeness (QED) is 0.515. The second kappa shape index (κ2) is 7.55. The highest BCUT2D eigenvalue weighted by Gasteiger charge is 2.26. The predicted molar refractivity (Wildman–Crippen MR) is 56.7 cm³/mol. The summed E-state index contributed by atoms with van der Waals surface area (Å²) in [5.74, 6) is -1.38. The van der Waals surface area contributed by atoms with E-state index >= 15 is 0 Å². The van der Waals surface area contributed by atoms with Crippen LogP contribution in [0.5, 0.6) is 0 Å². The SMILES string of the molecule is COCCOCCNS(=O)(=O)C(C)C(=O)O. The van der Waals surface area contributed by atoms with Gasteiger partial charge in [0.05, 0.1) is 19.8 Å². The van der Waals surface area contributed by atoms with Gasteiger partial charge in [0.15, 0.2) is 5.25 Å². The molecule has 7 nitrogen and oxygen atoms in total. The minimum Gasteiger partial charge on any atom is -0.480 e. The number of aliphatic carboxylic acids is 1. The molecule has 0 saturated heterocycles. The maximum Gasteiger partial charge on any atom is 0.323 e. The van der Waals surface area contributed by atoms with Crippen molar-refractivity contribution in [2.45, 2.75) is 12.2 Å². The molecule has 0 saturated carbocycles. The van der Waals surface area contributed by atoms with Crippen LogP contribution in [0.1, 0.15) is 6.92 Å². The number of hydrogen-bond donors (Lipinski definition) is 2. The van der Waals surface area contributed by atoms with Gasteiger partial charge in [0, 0.05) is 13.7 Å². The zero-order chi connectivity index (χ0) is 12.6. The number of carboxylic acids is 1. The molecule has 1 unspecified atom stereocenters. The third-order valence-electron chi connectivity index (χ3n) is 1.79. The predicted octanol–water partition coefficient (Wildman–Crippen LogP) is -0.958. The van der Waals surface area contributed by atoms with E-state index in [1.54, 1.807) is 0 Å². The van der Waals surface area contributed by atoms with Crippen LogP contribution >= 0.6 is 0 Å². The number of rotatable bonds is 9. The Morgan fingerprint density at radius 2 is 2.00 bits per heavy atom. The van der Waals surface area contributed by atoms with E-state index in [4.69, 9.17) is 14.6 Å². The fourth-order valence-electron chi connectivity index (χ4n) is 0.758. The first-order valence-corrected chi connectivity index (χ1v) is 6.24. The van der Waals surface area contributed by atoms with Crippen molar-refractivity contribution in [1.82, 2.24) is 4.72 Å². The van der Waals surface area contributed by atoms with Crippen LogP contribution in [0.25, 0.3) is 0 Å². The van der Waals surface area contributed by atoms with Crippen LogP contribution < -0.4 is 4.72 Å². The smallest absolute Gasteiger partial charge is 0.323 e. The Hall–Kier alpha value is -0.700. The van der Waals surface area contributed by atoms with Crippen molar-refractivity contribution in [3.05, 3.63) is 0 Å². The molecule has 0 aliphatic rings. The molecule has 1 atom stereocenters. The van der Waals surface area contributed by atoms with Crippen LogP contribution in [0.4, 0.5) is 0 Å². The Bertz CT molecular complexity index is 302. The first-order chi connectivity index (χ1) is 7.41. The number of sulfonamides is 1. The Balaban J connectivity index is 3.79. The van der Waals surface area contributed by atoms with Crippen molar-refractivity contribution < 1.29 is 27.8 Å². The lowest BCUT2D eigenvalue weighted by molar-refractivity contribution is -0.136. The fraction of sp³-hybridized carbons (Fsp3) is 0.875. The molecular formula is C8H17NO6S. The molecule has 8 heteroatoms. The molecule has 16 heavy (non-hydrogen) atoms. The van der Waals surface area contributed by atoms with Crippen LogP contribution in [0.15, 0.2) is 0 Å². The topological polar surface area (TPSA) is 102 Å². The van der Waals surface area contributed by atoms with Crippen molar-refractivity contribution in [3.8, 4) is 0 Å². The highest BCUT2D eigenvalue weighted by atomic mass is 32.2. The van der Waals surface area contributed by atoms with Gasteiger partial charge in [0.25, 0.3) is 0 Å². The summed E-state index contributed by atoms with van der Waals surface area (Å²) in [6.07, 6.45) is 0. The van der Waals surface area contributed by atoms with Gasteiger partial charge in [0.1, 0.15) is 0 Å². The largest absolute Gasteiger partial charge is 0.480 e. The van der Waals surface area contributed by atoms with E-state index in [2.05, 4.69) is 4.72 Å². The first kappa shape index (κ1) is 15.3. The molecule has 0 aliphatic heterocycles. The zero-order valence-corrected chi connectivity index (χ0v) is 10.1. The molecule has 0 heterocycles. The second-order valence-electron chi connectivity index (χ2n) is 3.02. The van der Waals surface area contributed by atoms with Crippen LogP contribution in [0.3, 0.4) is 0 Å². The van der Waals surface area contributed by atoms with Crippen LogP contribution in [-0.4, -0.2) is 58.2 Å². The molecule has 0 aromatic carbocycles. The summed E-state index contributed by atoms with van der Waals surface area (Å²) in [6.45, 7) is 2.13. The maximum absolute atomic E-state index is 11.3. The van der Waals surface area contributed by atoms with E-state index in [9.17, 15) is 13.2 Å². The highest BCUT2D eigenvalue weighted by molar-refractivity contribution is 7.90.